The number of hydrogen-bond acceptors (Lipinski definition) is 5. The van der Waals surface area contributed by atoms with Gasteiger partial charge >= 0.3 is 0 Å². The second-order valence-electron chi connectivity index (χ2n) is 7.73. The largest absolute Gasteiger partial charge is 0.367 e. The van der Waals surface area contributed by atoms with Gasteiger partial charge in [0.1, 0.15) is 17.1 Å². The maximum absolute atomic E-state index is 12.3. The Balaban J connectivity index is 1.82. The number of rotatable bonds is 5. The van der Waals surface area contributed by atoms with Crippen LogP contribution in [0.25, 0.3) is 11.0 Å². The van der Waals surface area contributed by atoms with Gasteiger partial charge in [0.05, 0.1) is 11.3 Å². The van der Waals surface area contributed by atoms with Crippen molar-refractivity contribution in [1.29, 1.82) is 5.26 Å². The van der Waals surface area contributed by atoms with Crippen LogP contribution in [0.3, 0.4) is 0 Å². The molecule has 1 aromatic carbocycles. The number of carbonyl (C=O) groups is 1. The maximum atomic E-state index is 12.3. The molecule has 0 bridgehead atoms. The highest BCUT2D eigenvalue weighted by Crippen LogP contribution is 2.30. The minimum Gasteiger partial charge on any atom is -0.367 e. The van der Waals surface area contributed by atoms with E-state index in [9.17, 15) is 10.1 Å². The Morgan fingerprint density at radius 1 is 1.33 bits per heavy atom. The Bertz CT molecular complexity index is 859. The van der Waals surface area contributed by atoms with Crippen LogP contribution in [0, 0.1) is 23.2 Å². The van der Waals surface area contributed by atoms with E-state index in [2.05, 4.69) is 47.0 Å². The predicted molar refractivity (Wildman–Crippen MR) is 106 cm³/mol. The Morgan fingerprint density at radius 2 is 2.07 bits per heavy atom. The second-order valence-corrected chi connectivity index (χ2v) is 7.73. The van der Waals surface area contributed by atoms with E-state index in [1.807, 2.05) is 12.1 Å². The van der Waals surface area contributed by atoms with Crippen LogP contribution in [0.2, 0.25) is 0 Å². The fraction of sp³-hybridized carbons (Fsp3) is 0.524. The van der Waals surface area contributed by atoms with Gasteiger partial charge in [-0.2, -0.15) is 5.26 Å². The zero-order chi connectivity index (χ0) is 19.4. The highest BCUT2D eigenvalue weighted by atomic mass is 16.1. The van der Waals surface area contributed by atoms with Crippen molar-refractivity contribution in [1.82, 2.24) is 15.3 Å². The molecule has 1 aliphatic rings. The van der Waals surface area contributed by atoms with Gasteiger partial charge in [0.2, 0.25) is 5.91 Å². The molecule has 1 fully saturated rings. The number of anilines is 1. The molecule has 0 saturated carbocycles. The summed E-state index contributed by atoms with van der Waals surface area (Å²) in [6, 6.07) is 6.07. The summed E-state index contributed by atoms with van der Waals surface area (Å²) in [6.07, 6.45) is 5.83. The summed E-state index contributed by atoms with van der Waals surface area (Å²) in [6.45, 7) is 8.07. The molecule has 3 atom stereocenters. The van der Waals surface area contributed by atoms with E-state index in [-0.39, 0.29) is 11.9 Å². The van der Waals surface area contributed by atoms with E-state index < -0.39 is 0 Å². The molecule has 2 heterocycles. The lowest BCUT2D eigenvalue weighted by Gasteiger charge is -2.38. The van der Waals surface area contributed by atoms with Gasteiger partial charge in [-0.15, -0.1) is 0 Å². The number of amides is 1. The fourth-order valence-electron chi connectivity index (χ4n) is 3.79. The summed E-state index contributed by atoms with van der Waals surface area (Å²) in [5.74, 6) is 0.989. The number of benzene rings is 1. The monoisotopic (exact) mass is 365 g/mol. The fourth-order valence-corrected chi connectivity index (χ4v) is 3.79. The number of carbonyl (C=O) groups excluding carboxylic acids is 1. The van der Waals surface area contributed by atoms with E-state index >= 15 is 0 Å². The lowest BCUT2D eigenvalue weighted by Crippen LogP contribution is -2.50. The number of hydrogen-bond donors (Lipinski definition) is 1. The number of fused-ring (bicyclic) bond motifs is 1. The molecule has 0 aliphatic carbocycles. The normalized spacial score (nSPS) is 20.9. The molecule has 1 saturated heterocycles. The van der Waals surface area contributed by atoms with Gasteiger partial charge in [-0.25, -0.2) is 0 Å². The van der Waals surface area contributed by atoms with Gasteiger partial charge in [0.25, 0.3) is 0 Å². The third kappa shape index (κ3) is 4.36. The van der Waals surface area contributed by atoms with Crippen LogP contribution in [0.5, 0.6) is 0 Å². The minimum atomic E-state index is 0.118. The van der Waals surface area contributed by atoms with E-state index in [0.29, 0.717) is 29.3 Å². The summed E-state index contributed by atoms with van der Waals surface area (Å²) in [5, 5.41) is 12.5. The molecule has 0 unspecified atom stereocenters. The van der Waals surface area contributed by atoms with E-state index in [4.69, 9.17) is 0 Å². The van der Waals surface area contributed by atoms with Gasteiger partial charge in [-0.1, -0.05) is 27.2 Å². The van der Waals surface area contributed by atoms with Crippen LogP contribution in [-0.4, -0.2) is 35.0 Å². The first-order valence-electron chi connectivity index (χ1n) is 9.69. The molecule has 1 aliphatic heterocycles. The van der Waals surface area contributed by atoms with Crippen LogP contribution in [0.1, 0.15) is 45.6 Å². The van der Waals surface area contributed by atoms with Crippen molar-refractivity contribution in [3.63, 3.8) is 0 Å². The first-order valence-corrected chi connectivity index (χ1v) is 9.69. The highest BCUT2D eigenvalue weighted by Gasteiger charge is 2.28. The lowest BCUT2D eigenvalue weighted by atomic mass is 9.94. The van der Waals surface area contributed by atoms with Crippen LogP contribution >= 0.6 is 0 Å². The summed E-state index contributed by atoms with van der Waals surface area (Å²) in [5.41, 5.74) is 2.89. The SMILES string of the molecule is CC[C@H](C)CC(=O)N[C@@H]1C[C@H](C)CN(c2ccc(C#N)c3nccnc23)C1. The maximum Gasteiger partial charge on any atom is 0.220 e. The van der Waals surface area contributed by atoms with Crippen molar-refractivity contribution >= 4 is 22.6 Å². The van der Waals surface area contributed by atoms with Crippen LogP contribution in [0.15, 0.2) is 24.5 Å². The Hall–Kier alpha value is -2.68. The van der Waals surface area contributed by atoms with Crippen LogP contribution in [0.4, 0.5) is 5.69 Å². The molecule has 0 spiro atoms. The van der Waals surface area contributed by atoms with E-state index in [1.54, 1.807) is 12.4 Å². The topological polar surface area (TPSA) is 81.9 Å². The highest BCUT2D eigenvalue weighted by molar-refractivity contribution is 5.92. The van der Waals surface area contributed by atoms with E-state index in [0.717, 1.165) is 37.1 Å². The van der Waals surface area contributed by atoms with Crippen molar-refractivity contribution in [2.24, 2.45) is 11.8 Å². The van der Waals surface area contributed by atoms with Crippen molar-refractivity contribution in [2.45, 2.75) is 46.1 Å². The molecule has 1 N–H and O–H groups in total. The third-order valence-corrected chi connectivity index (χ3v) is 5.32. The molecule has 142 valence electrons. The zero-order valence-electron chi connectivity index (χ0n) is 16.3. The molecule has 0 radical (unpaired) electrons. The van der Waals surface area contributed by atoms with Gasteiger partial charge in [0.15, 0.2) is 0 Å². The number of nitrogens with zero attached hydrogens (tertiary/aromatic N) is 4. The smallest absolute Gasteiger partial charge is 0.220 e. The van der Waals surface area contributed by atoms with Crippen LogP contribution in [-0.2, 0) is 4.79 Å². The van der Waals surface area contributed by atoms with Gasteiger partial charge in [0, 0.05) is 37.9 Å². The standard InChI is InChI=1S/C21H27N5O/c1-4-14(2)10-19(27)25-17-9-15(3)12-26(13-17)18-6-5-16(11-22)20-21(18)24-8-7-23-20/h5-8,14-15,17H,4,9-10,12-13H2,1-3H3,(H,25,27)/t14-,15-,17+/m0/s1. The average Bonchev–Trinajstić information content (AvgIpc) is 2.66. The Labute approximate surface area is 160 Å². The lowest BCUT2D eigenvalue weighted by molar-refractivity contribution is -0.122. The second kappa shape index (κ2) is 8.34. The first kappa shape index (κ1) is 19.1. The van der Waals surface area contributed by atoms with E-state index in [1.165, 1.54) is 0 Å². The molecular formula is C21H27N5O. The Kier molecular flexibility index (Phi) is 5.90. The van der Waals surface area contributed by atoms with Crippen LogP contribution < -0.4 is 10.2 Å². The van der Waals surface area contributed by atoms with Gasteiger partial charge in [-0.3, -0.25) is 14.8 Å². The minimum absolute atomic E-state index is 0.118. The molecule has 27 heavy (non-hydrogen) atoms. The summed E-state index contributed by atoms with van der Waals surface area (Å²) < 4.78 is 0. The molecule has 1 amide bonds. The molecule has 2 aromatic rings. The molecule has 1 aromatic heterocycles. The Morgan fingerprint density at radius 3 is 2.78 bits per heavy atom. The number of nitrogens with one attached hydrogen (secondary N) is 1. The summed E-state index contributed by atoms with van der Waals surface area (Å²) >= 11 is 0. The van der Waals surface area contributed by atoms with Crippen molar-refractivity contribution < 1.29 is 4.79 Å². The molecule has 6 heteroatoms. The zero-order valence-corrected chi connectivity index (χ0v) is 16.3. The van der Waals surface area contributed by atoms with Crippen molar-refractivity contribution in [3.8, 4) is 6.07 Å². The molecule has 3 rings (SSSR count). The third-order valence-electron chi connectivity index (χ3n) is 5.32. The van der Waals surface area contributed by atoms with Gasteiger partial charge < -0.3 is 10.2 Å². The number of nitriles is 1. The quantitative estimate of drug-likeness (QED) is 0.879. The average molecular weight is 365 g/mol. The molecular weight excluding hydrogens is 338 g/mol. The van der Waals surface area contributed by atoms with Crippen molar-refractivity contribution in [3.05, 3.63) is 30.1 Å². The molecule has 6 nitrogen and oxygen atoms in total. The first-order chi connectivity index (χ1) is 13.0. The summed E-state index contributed by atoms with van der Waals surface area (Å²) in [4.78, 5) is 23.4. The number of aromatic nitrogens is 2. The van der Waals surface area contributed by atoms with Crippen molar-refractivity contribution in [2.75, 3.05) is 18.0 Å². The van der Waals surface area contributed by atoms with Gasteiger partial charge in [-0.05, 0) is 30.4 Å². The predicted octanol–water partition coefficient (Wildman–Crippen LogP) is 3.27. The summed E-state index contributed by atoms with van der Waals surface area (Å²) in [7, 11) is 0. The number of piperidine rings is 1.